The van der Waals surface area contributed by atoms with Crippen LogP contribution >= 0.6 is 0 Å². The molecule has 0 saturated carbocycles. The monoisotopic (exact) mass is 321 g/mol. The minimum absolute atomic E-state index is 0.173. The maximum atomic E-state index is 11.7. The smallest absolute Gasteiger partial charge is 0.335 e. The number of hydrogen-bond acceptors (Lipinski definition) is 4. The molecule has 8 nitrogen and oxygen atoms in total. The topological polar surface area (TPSA) is 127 Å². The van der Waals surface area contributed by atoms with Gasteiger partial charge in [-0.25, -0.2) is 4.79 Å². The first-order valence-electron chi connectivity index (χ1n) is 7.04. The first-order valence-corrected chi connectivity index (χ1v) is 7.04. The van der Waals surface area contributed by atoms with Gasteiger partial charge in [0, 0.05) is 10.8 Å². The lowest BCUT2D eigenvalue weighted by Gasteiger charge is -2.06. The molecule has 118 valence electrons. The van der Waals surface area contributed by atoms with E-state index in [0.29, 0.717) is 22.1 Å². The summed E-state index contributed by atoms with van der Waals surface area (Å²) in [6.45, 7) is 0. The number of carboxylic acid groups (broad SMARTS) is 1. The Morgan fingerprint density at radius 3 is 2.50 bits per heavy atom. The van der Waals surface area contributed by atoms with Gasteiger partial charge < -0.3 is 10.8 Å². The summed E-state index contributed by atoms with van der Waals surface area (Å²) in [5.74, 6) is -1.60. The highest BCUT2D eigenvalue weighted by atomic mass is 16.4. The van der Waals surface area contributed by atoms with Gasteiger partial charge in [0.25, 0.3) is 5.91 Å². The van der Waals surface area contributed by atoms with Gasteiger partial charge in [0.2, 0.25) is 0 Å². The van der Waals surface area contributed by atoms with Crippen molar-refractivity contribution in [2.45, 2.75) is 0 Å². The van der Waals surface area contributed by atoms with Crippen LogP contribution in [0.2, 0.25) is 0 Å². The normalized spacial score (nSPS) is 11.2. The number of nitrogens with zero attached hydrogens (tertiary/aromatic N) is 3. The zero-order chi connectivity index (χ0) is 16.8. The third-order valence-electron chi connectivity index (χ3n) is 3.88. The average molecular weight is 321 g/mol. The Bertz CT molecular complexity index is 1110. The second-order valence-electron chi connectivity index (χ2n) is 5.28. The zero-order valence-corrected chi connectivity index (χ0v) is 12.2. The number of nitrogens with one attached hydrogen (secondary N) is 1. The van der Waals surface area contributed by atoms with Gasteiger partial charge in [0.05, 0.1) is 28.5 Å². The summed E-state index contributed by atoms with van der Waals surface area (Å²) >= 11 is 0. The van der Waals surface area contributed by atoms with E-state index in [1.807, 2.05) is 0 Å². The molecule has 4 rings (SSSR count). The standard InChI is InChI=1S/C16H11N5O3/c17-15(22)13-10-5-6-12-11(7-18-19-12)14(10)21(20-13)9-3-1-8(2-4-9)16(23)24/h1-7,20H,(H2,17,22)(H,23,24). The van der Waals surface area contributed by atoms with Gasteiger partial charge in [-0.3, -0.25) is 14.6 Å². The highest BCUT2D eigenvalue weighted by Crippen LogP contribution is 2.28. The van der Waals surface area contributed by atoms with Gasteiger partial charge in [-0.2, -0.15) is 10.2 Å². The number of primary amides is 1. The molecule has 4 N–H and O–H groups in total. The summed E-state index contributed by atoms with van der Waals surface area (Å²) in [6.07, 6.45) is 1.61. The number of amides is 1. The van der Waals surface area contributed by atoms with Crippen molar-refractivity contribution in [1.29, 1.82) is 0 Å². The van der Waals surface area contributed by atoms with E-state index in [2.05, 4.69) is 15.3 Å². The Morgan fingerprint density at radius 2 is 1.83 bits per heavy atom. The van der Waals surface area contributed by atoms with Crippen molar-refractivity contribution >= 4 is 33.7 Å². The first-order chi connectivity index (χ1) is 11.6. The third-order valence-corrected chi connectivity index (χ3v) is 3.88. The summed E-state index contributed by atoms with van der Waals surface area (Å²) in [7, 11) is 0. The van der Waals surface area contributed by atoms with Gasteiger partial charge in [-0.1, -0.05) is 0 Å². The Labute approximate surface area is 134 Å². The number of aromatic nitrogens is 4. The fourth-order valence-electron chi connectivity index (χ4n) is 2.77. The molecule has 0 unspecified atom stereocenters. The fraction of sp³-hybridized carbons (Fsp3) is 0. The summed E-state index contributed by atoms with van der Waals surface area (Å²) < 4.78 is 1.67. The first kappa shape index (κ1) is 13.9. The van der Waals surface area contributed by atoms with E-state index in [-0.39, 0.29) is 11.3 Å². The van der Waals surface area contributed by atoms with Crippen LogP contribution in [0.5, 0.6) is 0 Å². The lowest BCUT2D eigenvalue weighted by atomic mass is 10.1. The summed E-state index contributed by atoms with van der Waals surface area (Å²) in [6, 6.07) is 9.79. The predicted molar refractivity (Wildman–Crippen MR) is 86.2 cm³/mol. The van der Waals surface area contributed by atoms with Gasteiger partial charge in [-0.15, -0.1) is 0 Å². The highest BCUT2D eigenvalue weighted by Gasteiger charge is 2.17. The van der Waals surface area contributed by atoms with Gasteiger partial charge >= 0.3 is 5.97 Å². The number of hydrogen-bond donors (Lipinski definition) is 3. The molecule has 1 amide bonds. The fourth-order valence-corrected chi connectivity index (χ4v) is 2.77. The molecule has 0 aliphatic carbocycles. The Hall–Kier alpha value is -3.68. The number of rotatable bonds is 3. The van der Waals surface area contributed by atoms with Crippen LogP contribution in [0.25, 0.3) is 27.5 Å². The molecule has 0 spiro atoms. The van der Waals surface area contributed by atoms with Crippen molar-refractivity contribution in [1.82, 2.24) is 20.0 Å². The molecule has 2 heterocycles. The van der Waals surface area contributed by atoms with Crippen LogP contribution in [0.4, 0.5) is 0 Å². The average Bonchev–Trinajstić information content (AvgIpc) is 3.18. The van der Waals surface area contributed by atoms with Crippen molar-refractivity contribution < 1.29 is 14.7 Å². The number of H-pyrrole nitrogens is 1. The Balaban J connectivity index is 2.05. The molecular formula is C16H11N5O3. The predicted octanol–water partition coefficient (Wildman–Crippen LogP) is 1.70. The van der Waals surface area contributed by atoms with E-state index < -0.39 is 11.9 Å². The van der Waals surface area contributed by atoms with E-state index in [1.54, 1.807) is 35.1 Å². The summed E-state index contributed by atoms with van der Waals surface area (Å²) in [4.78, 5) is 22.7. The summed E-state index contributed by atoms with van der Waals surface area (Å²) in [5, 5.41) is 21.3. The van der Waals surface area contributed by atoms with Crippen LogP contribution in [0, 0.1) is 0 Å². The number of carboxylic acids is 1. The number of carbonyl (C=O) groups is 2. The summed E-state index contributed by atoms with van der Waals surface area (Å²) in [5.41, 5.74) is 7.94. The molecule has 0 aliphatic rings. The lowest BCUT2D eigenvalue weighted by molar-refractivity contribution is 0.0696. The number of nitrogens with two attached hydrogens (primary N) is 1. The molecule has 0 radical (unpaired) electrons. The van der Waals surface area contributed by atoms with Crippen molar-refractivity contribution in [2.24, 2.45) is 5.73 Å². The molecule has 0 atom stereocenters. The van der Waals surface area contributed by atoms with E-state index in [0.717, 1.165) is 5.39 Å². The molecule has 0 bridgehead atoms. The van der Waals surface area contributed by atoms with Crippen molar-refractivity contribution in [2.75, 3.05) is 0 Å². The van der Waals surface area contributed by atoms with E-state index in [4.69, 9.17) is 10.8 Å². The molecule has 8 heteroatoms. The molecule has 2 aromatic heterocycles. The number of aromatic carboxylic acids is 1. The molecule has 4 aromatic rings. The van der Waals surface area contributed by atoms with Crippen LogP contribution in [-0.4, -0.2) is 37.0 Å². The number of benzene rings is 2. The Morgan fingerprint density at radius 1 is 1.08 bits per heavy atom. The number of aromatic amines is 1. The van der Waals surface area contributed by atoms with Crippen molar-refractivity contribution in [3.8, 4) is 5.69 Å². The second kappa shape index (κ2) is 4.92. The Kier molecular flexibility index (Phi) is 2.86. The van der Waals surface area contributed by atoms with Gasteiger partial charge in [0.1, 0.15) is 5.69 Å². The molecule has 2 aromatic carbocycles. The largest absolute Gasteiger partial charge is 0.478 e. The van der Waals surface area contributed by atoms with Crippen molar-refractivity contribution in [3.05, 3.63) is 53.9 Å². The highest BCUT2D eigenvalue weighted by molar-refractivity contribution is 6.12. The maximum Gasteiger partial charge on any atom is 0.335 e. The van der Waals surface area contributed by atoms with Crippen LogP contribution < -0.4 is 5.73 Å². The number of fused-ring (bicyclic) bond motifs is 3. The minimum Gasteiger partial charge on any atom is -0.478 e. The molecule has 0 fully saturated rings. The van der Waals surface area contributed by atoms with Crippen LogP contribution in [0.15, 0.2) is 42.6 Å². The second-order valence-corrected chi connectivity index (χ2v) is 5.28. The SMILES string of the molecule is NC(=O)c1[nH]n(-c2ccc(C(=O)O)cc2)c2c1ccc1nncc12. The van der Waals surface area contributed by atoms with Crippen LogP contribution in [0.1, 0.15) is 20.8 Å². The number of carbonyl (C=O) groups excluding carboxylic acids is 1. The quantitative estimate of drug-likeness (QED) is 0.529. The third kappa shape index (κ3) is 1.93. The lowest BCUT2D eigenvalue weighted by Crippen LogP contribution is -2.12. The molecular weight excluding hydrogens is 310 g/mol. The minimum atomic E-state index is -1.01. The van der Waals surface area contributed by atoms with E-state index in [9.17, 15) is 9.59 Å². The van der Waals surface area contributed by atoms with E-state index >= 15 is 0 Å². The van der Waals surface area contributed by atoms with Gasteiger partial charge in [0.15, 0.2) is 0 Å². The van der Waals surface area contributed by atoms with E-state index in [1.165, 1.54) is 12.1 Å². The van der Waals surface area contributed by atoms with Crippen molar-refractivity contribution in [3.63, 3.8) is 0 Å². The maximum absolute atomic E-state index is 11.7. The van der Waals surface area contributed by atoms with Crippen LogP contribution in [0.3, 0.4) is 0 Å². The molecule has 0 aliphatic heterocycles. The molecule has 0 saturated heterocycles. The molecule has 24 heavy (non-hydrogen) atoms. The van der Waals surface area contributed by atoms with Gasteiger partial charge in [-0.05, 0) is 36.4 Å². The van der Waals surface area contributed by atoms with Crippen LogP contribution in [-0.2, 0) is 0 Å². The zero-order valence-electron chi connectivity index (χ0n) is 12.2.